The van der Waals surface area contributed by atoms with Crippen molar-refractivity contribution in [3.63, 3.8) is 0 Å². The summed E-state index contributed by atoms with van der Waals surface area (Å²) in [6.07, 6.45) is 1.53. The highest BCUT2D eigenvalue weighted by Gasteiger charge is 2.35. The molecule has 0 spiro atoms. The summed E-state index contributed by atoms with van der Waals surface area (Å²) in [5, 5.41) is 0. The highest BCUT2D eigenvalue weighted by Crippen LogP contribution is 2.35. The van der Waals surface area contributed by atoms with Gasteiger partial charge < -0.3 is 9.47 Å². The second-order valence-corrected chi connectivity index (χ2v) is 5.46. The first kappa shape index (κ1) is 16.2. The molecule has 126 valence electrons. The van der Waals surface area contributed by atoms with Gasteiger partial charge in [-0.15, -0.1) is 0 Å². The van der Waals surface area contributed by atoms with Crippen LogP contribution in [0.5, 0.6) is 11.5 Å². The number of benzene rings is 1. The molecule has 1 amide bonds. The quantitative estimate of drug-likeness (QED) is 0.863. The van der Waals surface area contributed by atoms with Crippen molar-refractivity contribution in [3.8, 4) is 11.5 Å². The van der Waals surface area contributed by atoms with Gasteiger partial charge in [-0.2, -0.15) is 0 Å². The first-order valence-corrected chi connectivity index (χ1v) is 7.36. The molecule has 0 aliphatic carbocycles. The van der Waals surface area contributed by atoms with Gasteiger partial charge in [0.05, 0.1) is 14.2 Å². The van der Waals surface area contributed by atoms with Crippen molar-refractivity contribution in [1.82, 2.24) is 4.98 Å². The number of hydrogen-bond donors (Lipinski definition) is 0. The van der Waals surface area contributed by atoms with Gasteiger partial charge in [0.2, 0.25) is 5.91 Å². The average molecular weight is 334 g/mol. The second-order valence-electron chi connectivity index (χ2n) is 5.46. The number of aromatic nitrogens is 1. The lowest BCUT2D eigenvalue weighted by molar-refractivity contribution is -0.117. The largest absolute Gasteiger partial charge is 0.497 e. The molecule has 1 saturated heterocycles. The molecule has 0 N–H and O–H groups in total. The monoisotopic (exact) mass is 334 g/mol. The number of pyridine rings is 1. The molecule has 0 radical (unpaired) electrons. The van der Waals surface area contributed by atoms with Crippen molar-refractivity contribution in [2.75, 3.05) is 25.7 Å². The minimum Gasteiger partial charge on any atom is -0.497 e. The van der Waals surface area contributed by atoms with Crippen molar-refractivity contribution in [3.05, 3.63) is 47.7 Å². The van der Waals surface area contributed by atoms with Crippen molar-refractivity contribution < 1.29 is 23.0 Å². The van der Waals surface area contributed by atoms with Crippen LogP contribution in [-0.2, 0) is 4.79 Å². The summed E-state index contributed by atoms with van der Waals surface area (Å²) in [5.74, 6) is -1.21. The van der Waals surface area contributed by atoms with E-state index in [1.54, 1.807) is 12.1 Å². The van der Waals surface area contributed by atoms with Gasteiger partial charge in [-0.05, 0) is 6.07 Å². The zero-order valence-electron chi connectivity index (χ0n) is 13.3. The SMILES string of the molecule is COc1ccnc(N2CC(c3c(F)cc(OC)cc3F)CC2=O)c1. The van der Waals surface area contributed by atoms with Gasteiger partial charge in [0.1, 0.15) is 29.0 Å². The van der Waals surface area contributed by atoms with Gasteiger partial charge in [0.25, 0.3) is 0 Å². The lowest BCUT2D eigenvalue weighted by Gasteiger charge is -2.17. The fourth-order valence-corrected chi connectivity index (χ4v) is 2.87. The smallest absolute Gasteiger partial charge is 0.228 e. The Morgan fingerprint density at radius 2 is 1.79 bits per heavy atom. The standard InChI is InChI=1S/C17H16F2N2O3/c1-23-11-3-4-20-15(8-11)21-9-10(5-16(21)22)17-13(18)6-12(24-2)7-14(17)19/h3-4,6-8,10H,5,9H2,1-2H3. The minimum absolute atomic E-state index is 0.0130. The maximum absolute atomic E-state index is 14.2. The molecule has 5 nitrogen and oxygen atoms in total. The van der Waals surface area contributed by atoms with E-state index < -0.39 is 17.6 Å². The summed E-state index contributed by atoms with van der Waals surface area (Å²) in [6, 6.07) is 5.51. The molecule has 0 bridgehead atoms. The Morgan fingerprint density at radius 3 is 2.42 bits per heavy atom. The third-order valence-corrected chi connectivity index (χ3v) is 4.05. The number of carbonyl (C=O) groups excluding carboxylic acids is 1. The molecule has 1 aliphatic heterocycles. The second kappa shape index (κ2) is 6.43. The number of anilines is 1. The lowest BCUT2D eigenvalue weighted by atomic mass is 9.97. The van der Waals surface area contributed by atoms with Crippen LogP contribution in [0.1, 0.15) is 17.9 Å². The van der Waals surface area contributed by atoms with Gasteiger partial charge in [-0.1, -0.05) is 0 Å². The van der Waals surface area contributed by atoms with Crippen molar-refractivity contribution in [1.29, 1.82) is 0 Å². The molecule has 2 aromatic rings. The Morgan fingerprint density at radius 1 is 1.12 bits per heavy atom. The molecule has 24 heavy (non-hydrogen) atoms. The number of methoxy groups -OCH3 is 2. The number of amides is 1. The molecule has 1 aromatic carbocycles. The zero-order valence-corrected chi connectivity index (χ0v) is 13.3. The van der Waals surface area contributed by atoms with Gasteiger partial charge in [0.15, 0.2) is 0 Å². The molecule has 3 rings (SSSR count). The number of hydrogen-bond acceptors (Lipinski definition) is 4. The molecule has 2 heterocycles. The predicted octanol–water partition coefficient (Wildman–Crippen LogP) is 2.90. The van der Waals surface area contributed by atoms with Crippen LogP contribution in [0.2, 0.25) is 0 Å². The normalized spacial score (nSPS) is 17.2. The molecule has 1 aromatic heterocycles. The number of halogens is 2. The van der Waals surface area contributed by atoms with E-state index in [1.165, 1.54) is 25.3 Å². The highest BCUT2D eigenvalue weighted by atomic mass is 19.1. The van der Waals surface area contributed by atoms with Crippen molar-refractivity contribution in [2.45, 2.75) is 12.3 Å². The fraction of sp³-hybridized carbons (Fsp3) is 0.294. The van der Waals surface area contributed by atoms with Gasteiger partial charge in [-0.25, -0.2) is 13.8 Å². The van der Waals surface area contributed by atoms with Crippen LogP contribution in [0.25, 0.3) is 0 Å². The first-order valence-electron chi connectivity index (χ1n) is 7.36. The van der Waals surface area contributed by atoms with Crippen LogP contribution < -0.4 is 14.4 Å². The molecular formula is C17H16F2N2O3. The summed E-state index contributed by atoms with van der Waals surface area (Å²) in [5.41, 5.74) is -0.102. The predicted molar refractivity (Wildman–Crippen MR) is 83.4 cm³/mol. The van der Waals surface area contributed by atoms with Crippen molar-refractivity contribution >= 4 is 11.7 Å². The van der Waals surface area contributed by atoms with E-state index in [4.69, 9.17) is 9.47 Å². The van der Waals surface area contributed by atoms with Crippen LogP contribution in [0.3, 0.4) is 0 Å². The van der Waals surface area contributed by atoms with E-state index in [2.05, 4.69) is 4.98 Å². The summed E-state index contributed by atoms with van der Waals surface area (Å²) in [7, 11) is 2.85. The summed E-state index contributed by atoms with van der Waals surface area (Å²) in [4.78, 5) is 17.8. The number of ether oxygens (including phenoxy) is 2. The van der Waals surface area contributed by atoms with Crippen LogP contribution in [0.4, 0.5) is 14.6 Å². The van der Waals surface area contributed by atoms with E-state index in [1.807, 2.05) is 0 Å². The maximum Gasteiger partial charge on any atom is 0.228 e. The summed E-state index contributed by atoms with van der Waals surface area (Å²) >= 11 is 0. The van der Waals surface area contributed by atoms with E-state index in [0.717, 1.165) is 12.1 Å². The Bertz CT molecular complexity index is 759. The zero-order chi connectivity index (χ0) is 17.3. The van der Waals surface area contributed by atoms with Gasteiger partial charge >= 0.3 is 0 Å². The number of rotatable bonds is 4. The Hall–Kier alpha value is -2.70. The van der Waals surface area contributed by atoms with Crippen LogP contribution in [0, 0.1) is 11.6 Å². The molecule has 0 saturated carbocycles. The van der Waals surface area contributed by atoms with E-state index in [0.29, 0.717) is 11.6 Å². The number of carbonyl (C=O) groups is 1. The lowest BCUT2D eigenvalue weighted by Crippen LogP contribution is -2.25. The van der Waals surface area contributed by atoms with E-state index in [-0.39, 0.29) is 30.2 Å². The third-order valence-electron chi connectivity index (χ3n) is 4.05. The average Bonchev–Trinajstić information content (AvgIpc) is 2.95. The summed E-state index contributed by atoms with van der Waals surface area (Å²) in [6.45, 7) is 0.152. The molecule has 1 fully saturated rings. The third kappa shape index (κ3) is 2.89. The van der Waals surface area contributed by atoms with Crippen LogP contribution in [0.15, 0.2) is 30.5 Å². The van der Waals surface area contributed by atoms with Crippen LogP contribution in [-0.4, -0.2) is 31.7 Å². The molecular weight excluding hydrogens is 318 g/mol. The Balaban J connectivity index is 1.90. The molecule has 1 unspecified atom stereocenters. The van der Waals surface area contributed by atoms with Gasteiger partial charge in [0, 0.05) is 48.8 Å². The van der Waals surface area contributed by atoms with Crippen LogP contribution >= 0.6 is 0 Å². The maximum atomic E-state index is 14.2. The van der Waals surface area contributed by atoms with Gasteiger partial charge in [-0.3, -0.25) is 9.69 Å². The topological polar surface area (TPSA) is 51.7 Å². The van der Waals surface area contributed by atoms with E-state index >= 15 is 0 Å². The molecule has 1 aliphatic rings. The number of nitrogens with zero attached hydrogens (tertiary/aromatic N) is 2. The molecule has 7 heteroatoms. The Kier molecular flexibility index (Phi) is 4.33. The Labute approximate surface area is 137 Å². The minimum atomic E-state index is -0.717. The van der Waals surface area contributed by atoms with E-state index in [9.17, 15) is 13.6 Å². The fourth-order valence-electron chi connectivity index (χ4n) is 2.87. The molecule has 1 atom stereocenters. The highest BCUT2D eigenvalue weighted by molar-refractivity contribution is 5.95. The summed E-state index contributed by atoms with van der Waals surface area (Å²) < 4.78 is 38.4. The first-order chi connectivity index (χ1) is 11.5. The van der Waals surface area contributed by atoms with Crippen molar-refractivity contribution in [2.24, 2.45) is 0 Å².